The molecule has 2 rings (SSSR count). The zero-order chi connectivity index (χ0) is 19.8. The Morgan fingerprint density at radius 2 is 1.78 bits per heavy atom. The first kappa shape index (κ1) is 21.6. The molecule has 1 N–H and O–H groups in total. The number of hydrogen-bond donors (Lipinski definition) is 1. The van der Waals surface area contributed by atoms with Crippen LogP contribution in [0.25, 0.3) is 0 Å². The summed E-state index contributed by atoms with van der Waals surface area (Å²) < 4.78 is 0. The van der Waals surface area contributed by atoms with Crippen LogP contribution in [0.4, 0.5) is 0 Å². The number of likely N-dealkylation sites (N-methyl/N-ethyl adjacent to an activating group) is 1. The first-order valence-electron chi connectivity index (χ1n) is 8.61. The minimum absolute atomic E-state index is 0.131. The highest BCUT2D eigenvalue weighted by molar-refractivity contribution is 8.00. The van der Waals surface area contributed by atoms with Crippen LogP contribution in [0, 0.1) is 0 Å². The Morgan fingerprint density at radius 1 is 1.11 bits per heavy atom. The molecule has 0 aliphatic rings. The number of halogens is 2. The molecule has 144 valence electrons. The Kier molecular flexibility index (Phi) is 8.48. The van der Waals surface area contributed by atoms with Gasteiger partial charge in [0.1, 0.15) is 6.04 Å². The third-order valence-electron chi connectivity index (χ3n) is 3.99. The first-order chi connectivity index (χ1) is 12.9. The SMILES string of the molecule is CCNC(=O)C(C)N(Cc1ccccc1Cl)C(=O)CSc1ccc(Cl)cc1. The van der Waals surface area contributed by atoms with E-state index < -0.39 is 6.04 Å². The maximum absolute atomic E-state index is 12.9. The molecule has 0 aliphatic carbocycles. The van der Waals surface area contributed by atoms with Crippen molar-refractivity contribution in [3.8, 4) is 0 Å². The van der Waals surface area contributed by atoms with Gasteiger partial charge >= 0.3 is 0 Å². The van der Waals surface area contributed by atoms with Gasteiger partial charge in [0.05, 0.1) is 5.75 Å². The van der Waals surface area contributed by atoms with E-state index in [0.717, 1.165) is 10.5 Å². The summed E-state index contributed by atoms with van der Waals surface area (Å²) in [6.45, 7) is 4.36. The summed E-state index contributed by atoms with van der Waals surface area (Å²) in [6, 6.07) is 14.0. The Balaban J connectivity index is 2.14. The average Bonchev–Trinajstić information content (AvgIpc) is 2.66. The van der Waals surface area contributed by atoms with E-state index in [1.165, 1.54) is 11.8 Å². The Labute approximate surface area is 174 Å². The number of nitrogens with one attached hydrogen (secondary N) is 1. The van der Waals surface area contributed by atoms with Crippen LogP contribution in [0.2, 0.25) is 10.0 Å². The van der Waals surface area contributed by atoms with Crippen LogP contribution in [0.5, 0.6) is 0 Å². The summed E-state index contributed by atoms with van der Waals surface area (Å²) in [5, 5.41) is 4.00. The van der Waals surface area contributed by atoms with E-state index in [2.05, 4.69) is 5.32 Å². The molecule has 0 saturated heterocycles. The summed E-state index contributed by atoms with van der Waals surface area (Å²) in [5.41, 5.74) is 0.806. The van der Waals surface area contributed by atoms with Crippen molar-refractivity contribution in [2.75, 3.05) is 12.3 Å². The van der Waals surface area contributed by atoms with Gasteiger partial charge in [-0.1, -0.05) is 41.4 Å². The molecular formula is C20H22Cl2N2O2S. The lowest BCUT2D eigenvalue weighted by Crippen LogP contribution is -2.48. The summed E-state index contributed by atoms with van der Waals surface area (Å²) in [6.07, 6.45) is 0. The topological polar surface area (TPSA) is 49.4 Å². The minimum Gasteiger partial charge on any atom is -0.355 e. The number of carbonyl (C=O) groups excluding carboxylic acids is 2. The summed E-state index contributed by atoms with van der Waals surface area (Å²) >= 11 is 13.6. The van der Waals surface area contributed by atoms with Gasteiger partial charge in [-0.05, 0) is 49.7 Å². The fourth-order valence-corrected chi connectivity index (χ4v) is 3.58. The predicted molar refractivity (Wildman–Crippen MR) is 112 cm³/mol. The lowest BCUT2D eigenvalue weighted by molar-refractivity contribution is -0.138. The highest BCUT2D eigenvalue weighted by Crippen LogP contribution is 2.23. The van der Waals surface area contributed by atoms with Crippen LogP contribution in [0.15, 0.2) is 53.4 Å². The van der Waals surface area contributed by atoms with Crippen LogP contribution in [0.3, 0.4) is 0 Å². The Bertz CT molecular complexity index is 784. The van der Waals surface area contributed by atoms with Crippen molar-refractivity contribution < 1.29 is 9.59 Å². The van der Waals surface area contributed by atoms with Gasteiger partial charge in [0, 0.05) is 28.0 Å². The van der Waals surface area contributed by atoms with Crippen molar-refractivity contribution in [2.24, 2.45) is 0 Å². The van der Waals surface area contributed by atoms with Crippen molar-refractivity contribution in [1.29, 1.82) is 0 Å². The van der Waals surface area contributed by atoms with Gasteiger partial charge in [0.15, 0.2) is 0 Å². The summed E-state index contributed by atoms with van der Waals surface area (Å²) in [5.74, 6) is -0.0986. The summed E-state index contributed by atoms with van der Waals surface area (Å²) in [7, 11) is 0. The lowest BCUT2D eigenvalue weighted by atomic mass is 10.1. The van der Waals surface area contributed by atoms with E-state index in [9.17, 15) is 9.59 Å². The Morgan fingerprint density at radius 3 is 2.41 bits per heavy atom. The number of rotatable bonds is 8. The van der Waals surface area contributed by atoms with Crippen molar-refractivity contribution in [2.45, 2.75) is 31.3 Å². The molecule has 4 nitrogen and oxygen atoms in total. The zero-order valence-electron chi connectivity index (χ0n) is 15.2. The molecule has 2 aromatic rings. The van der Waals surface area contributed by atoms with Crippen molar-refractivity contribution in [1.82, 2.24) is 10.2 Å². The number of thioether (sulfide) groups is 1. The van der Waals surface area contributed by atoms with E-state index in [4.69, 9.17) is 23.2 Å². The molecule has 7 heteroatoms. The molecule has 1 atom stereocenters. The number of nitrogens with zero attached hydrogens (tertiary/aromatic N) is 1. The molecule has 0 heterocycles. The molecule has 0 radical (unpaired) electrons. The maximum Gasteiger partial charge on any atom is 0.242 e. The second kappa shape index (κ2) is 10.6. The third-order valence-corrected chi connectivity index (χ3v) is 5.61. The van der Waals surface area contributed by atoms with Crippen LogP contribution in [-0.2, 0) is 16.1 Å². The molecular weight excluding hydrogens is 403 g/mol. The van der Waals surface area contributed by atoms with Crippen molar-refractivity contribution >= 4 is 46.8 Å². The van der Waals surface area contributed by atoms with Gasteiger partial charge in [0.2, 0.25) is 11.8 Å². The van der Waals surface area contributed by atoms with Crippen molar-refractivity contribution in [3.63, 3.8) is 0 Å². The number of carbonyl (C=O) groups is 2. The second-order valence-corrected chi connectivity index (χ2v) is 7.82. The molecule has 2 aromatic carbocycles. The van der Waals surface area contributed by atoms with Gasteiger partial charge in [-0.3, -0.25) is 9.59 Å². The Hall–Kier alpha value is -1.69. The minimum atomic E-state index is -0.598. The van der Waals surface area contributed by atoms with Crippen LogP contribution in [-0.4, -0.2) is 35.1 Å². The van der Waals surface area contributed by atoms with E-state index in [1.807, 2.05) is 37.3 Å². The molecule has 2 amide bonds. The largest absolute Gasteiger partial charge is 0.355 e. The first-order valence-corrected chi connectivity index (χ1v) is 10.4. The van der Waals surface area contributed by atoms with Crippen molar-refractivity contribution in [3.05, 3.63) is 64.1 Å². The molecule has 0 spiro atoms. The molecule has 27 heavy (non-hydrogen) atoms. The second-order valence-electron chi connectivity index (χ2n) is 5.93. The van der Waals surface area contributed by atoms with Gasteiger partial charge < -0.3 is 10.2 Å². The van der Waals surface area contributed by atoms with E-state index in [0.29, 0.717) is 16.6 Å². The molecule has 0 aromatic heterocycles. The quantitative estimate of drug-likeness (QED) is 0.627. The van der Waals surface area contributed by atoms with Gasteiger partial charge in [-0.15, -0.1) is 11.8 Å². The van der Waals surface area contributed by atoms with Gasteiger partial charge in [-0.2, -0.15) is 0 Å². The number of hydrogen-bond acceptors (Lipinski definition) is 3. The standard InChI is InChI=1S/C20H22Cl2N2O2S/c1-3-23-20(26)14(2)24(12-15-6-4-5-7-18(15)22)19(25)13-27-17-10-8-16(21)9-11-17/h4-11,14H,3,12-13H2,1-2H3,(H,23,26). The summed E-state index contributed by atoms with van der Waals surface area (Å²) in [4.78, 5) is 27.7. The fourth-order valence-electron chi connectivity index (χ4n) is 2.47. The monoisotopic (exact) mass is 424 g/mol. The highest BCUT2D eigenvalue weighted by atomic mass is 35.5. The smallest absolute Gasteiger partial charge is 0.242 e. The zero-order valence-corrected chi connectivity index (χ0v) is 17.6. The molecule has 0 bridgehead atoms. The van der Waals surface area contributed by atoms with Crippen LogP contribution < -0.4 is 5.32 Å². The van der Waals surface area contributed by atoms with Gasteiger partial charge in [0.25, 0.3) is 0 Å². The maximum atomic E-state index is 12.9. The molecule has 0 fully saturated rings. The molecule has 0 aliphatic heterocycles. The predicted octanol–water partition coefficient (Wildman–Crippen LogP) is 4.64. The lowest BCUT2D eigenvalue weighted by Gasteiger charge is -2.29. The van der Waals surface area contributed by atoms with E-state index in [-0.39, 0.29) is 24.1 Å². The molecule has 1 unspecified atom stereocenters. The van der Waals surface area contributed by atoms with Gasteiger partial charge in [-0.25, -0.2) is 0 Å². The van der Waals surface area contributed by atoms with E-state index in [1.54, 1.807) is 30.0 Å². The highest BCUT2D eigenvalue weighted by Gasteiger charge is 2.26. The van der Waals surface area contributed by atoms with Crippen LogP contribution >= 0.6 is 35.0 Å². The average molecular weight is 425 g/mol. The third kappa shape index (κ3) is 6.45. The molecule has 0 saturated carbocycles. The number of benzene rings is 2. The normalized spacial score (nSPS) is 11.7. The fraction of sp³-hybridized carbons (Fsp3) is 0.300. The van der Waals surface area contributed by atoms with Crippen LogP contribution in [0.1, 0.15) is 19.4 Å². The number of amides is 2. The van der Waals surface area contributed by atoms with E-state index >= 15 is 0 Å².